The summed E-state index contributed by atoms with van der Waals surface area (Å²) in [5.74, 6) is -0.251. The van der Waals surface area contributed by atoms with E-state index in [2.05, 4.69) is 79.9 Å². The SMILES string of the molecule is CC/C=C\C/C=C\C/C=C\C/C=C\C/C=C\CCCCCCCCCCCCCCCC(=O)NC(COC1OC(CO)C(OC2OC(CO)C(OC3OC(CO)C(O)C(O)C3O)C(O)C2O)C(O)C1O)C(O)CCCCCCCCC. The average molecular weight is 1160 g/mol. The Bertz CT molecular complexity index is 1710. The number of hydrogen-bond acceptors (Lipinski definition) is 18. The minimum absolute atomic E-state index is 0.251. The summed E-state index contributed by atoms with van der Waals surface area (Å²) in [5.41, 5.74) is 0. The zero-order valence-electron chi connectivity index (χ0n) is 49.0. The molecule has 17 atom stereocenters. The molecule has 0 aromatic rings. The highest BCUT2D eigenvalue weighted by molar-refractivity contribution is 5.76. The highest BCUT2D eigenvalue weighted by Gasteiger charge is 2.53. The maximum absolute atomic E-state index is 13.3. The summed E-state index contributed by atoms with van der Waals surface area (Å²) < 4.78 is 34.2. The zero-order valence-corrected chi connectivity index (χ0v) is 49.0. The second kappa shape index (κ2) is 44.9. The van der Waals surface area contributed by atoms with E-state index in [1.54, 1.807) is 0 Å². The van der Waals surface area contributed by atoms with Crippen LogP contribution in [0.4, 0.5) is 0 Å². The topological polar surface area (TPSA) is 307 Å². The molecule has 81 heavy (non-hydrogen) atoms. The largest absolute Gasteiger partial charge is 0.394 e. The molecule has 3 heterocycles. The molecule has 0 aromatic carbocycles. The van der Waals surface area contributed by atoms with Gasteiger partial charge in [-0.3, -0.25) is 4.79 Å². The molecule has 3 aliphatic heterocycles. The summed E-state index contributed by atoms with van der Waals surface area (Å²) in [4.78, 5) is 13.3. The second-order valence-corrected chi connectivity index (χ2v) is 22.1. The lowest BCUT2D eigenvalue weighted by molar-refractivity contribution is -0.379. The van der Waals surface area contributed by atoms with Crippen LogP contribution in [-0.2, 0) is 33.2 Å². The maximum Gasteiger partial charge on any atom is 0.220 e. The van der Waals surface area contributed by atoms with Crippen molar-refractivity contribution in [2.24, 2.45) is 0 Å². The molecule has 0 bridgehead atoms. The lowest BCUT2D eigenvalue weighted by Crippen LogP contribution is -2.66. The quantitative estimate of drug-likeness (QED) is 0.0244. The van der Waals surface area contributed by atoms with Crippen molar-refractivity contribution in [3.05, 3.63) is 60.8 Å². The molecule has 19 heteroatoms. The van der Waals surface area contributed by atoms with Crippen LogP contribution in [0.3, 0.4) is 0 Å². The van der Waals surface area contributed by atoms with Crippen LogP contribution in [-0.4, -0.2) is 193 Å². The van der Waals surface area contributed by atoms with Crippen molar-refractivity contribution in [1.82, 2.24) is 5.32 Å². The number of rotatable bonds is 45. The van der Waals surface area contributed by atoms with Gasteiger partial charge in [-0.15, -0.1) is 0 Å². The Hall–Kier alpha value is -2.51. The Morgan fingerprint density at radius 3 is 1.33 bits per heavy atom. The van der Waals surface area contributed by atoms with Gasteiger partial charge in [-0.1, -0.05) is 190 Å². The van der Waals surface area contributed by atoms with Crippen LogP contribution in [0, 0.1) is 0 Å². The lowest BCUT2D eigenvalue weighted by Gasteiger charge is -2.48. The third kappa shape index (κ3) is 28.5. The Labute approximate surface area is 484 Å². The lowest BCUT2D eigenvalue weighted by atomic mass is 9.96. The van der Waals surface area contributed by atoms with Gasteiger partial charge in [-0.25, -0.2) is 0 Å². The first-order valence-electron chi connectivity index (χ1n) is 31.0. The smallest absolute Gasteiger partial charge is 0.220 e. The first-order valence-corrected chi connectivity index (χ1v) is 31.0. The fraction of sp³-hybridized carbons (Fsp3) is 0.823. The van der Waals surface area contributed by atoms with E-state index in [-0.39, 0.29) is 18.9 Å². The molecule has 0 saturated carbocycles. The molecule has 0 spiro atoms. The Balaban J connectivity index is 1.36. The highest BCUT2D eigenvalue weighted by atomic mass is 16.8. The molecular weight excluding hydrogens is 1050 g/mol. The summed E-state index contributed by atoms with van der Waals surface area (Å²) in [6.07, 6.45) is 25.0. The van der Waals surface area contributed by atoms with Gasteiger partial charge in [0.25, 0.3) is 0 Å². The molecular formula is C62H109NO18. The number of carbonyl (C=O) groups excluding carboxylic acids is 1. The fourth-order valence-corrected chi connectivity index (χ4v) is 10.3. The van der Waals surface area contributed by atoms with E-state index in [0.717, 1.165) is 96.3 Å². The van der Waals surface area contributed by atoms with Crippen molar-refractivity contribution >= 4 is 5.91 Å². The van der Waals surface area contributed by atoms with Crippen LogP contribution >= 0.6 is 0 Å². The van der Waals surface area contributed by atoms with Crippen molar-refractivity contribution in [1.29, 1.82) is 0 Å². The molecule has 3 saturated heterocycles. The molecule has 470 valence electrons. The van der Waals surface area contributed by atoms with Crippen LogP contribution in [0.25, 0.3) is 0 Å². The molecule has 1 amide bonds. The number of unbranched alkanes of at least 4 members (excludes halogenated alkanes) is 19. The summed E-state index contributed by atoms with van der Waals surface area (Å²) in [6.45, 7) is 1.60. The zero-order chi connectivity index (χ0) is 59.0. The fourth-order valence-electron chi connectivity index (χ4n) is 10.3. The highest BCUT2D eigenvalue weighted by Crippen LogP contribution is 2.33. The van der Waals surface area contributed by atoms with E-state index in [0.29, 0.717) is 12.8 Å². The van der Waals surface area contributed by atoms with E-state index in [1.165, 1.54) is 64.2 Å². The second-order valence-electron chi connectivity index (χ2n) is 22.1. The van der Waals surface area contributed by atoms with Gasteiger partial charge in [-0.05, 0) is 57.8 Å². The van der Waals surface area contributed by atoms with E-state index in [4.69, 9.17) is 28.4 Å². The van der Waals surface area contributed by atoms with E-state index < -0.39 is 124 Å². The third-order valence-corrected chi connectivity index (χ3v) is 15.4. The van der Waals surface area contributed by atoms with Crippen LogP contribution in [0.1, 0.15) is 194 Å². The standard InChI is InChI=1S/C62H109NO18/c1-3-5-7-9-11-12-13-14-15-16-17-18-19-20-21-22-23-24-25-26-27-28-29-30-31-32-34-36-38-40-50(68)63-45(46(67)39-37-35-33-10-8-6-4-2)44-76-60-56(74)53(71)58(48(42-65)78-60)81-62-57(75)54(72)59(49(43-66)79-62)80-61-55(73)52(70)51(69)47(41-64)77-61/h5,7,11-12,14-15,17-18,20-21,45-49,51-62,64-67,69-75H,3-4,6,8-10,13,16,19,22-44H2,1-2H3,(H,63,68)/b7-5-,12-11-,15-14-,18-17-,21-20-. The third-order valence-electron chi connectivity index (χ3n) is 15.4. The van der Waals surface area contributed by atoms with Crippen LogP contribution in [0.15, 0.2) is 60.8 Å². The molecule has 17 unspecified atom stereocenters. The number of amides is 1. The van der Waals surface area contributed by atoms with Crippen LogP contribution in [0.2, 0.25) is 0 Å². The van der Waals surface area contributed by atoms with E-state index >= 15 is 0 Å². The summed E-state index contributed by atoms with van der Waals surface area (Å²) in [6, 6.07) is -0.887. The summed E-state index contributed by atoms with van der Waals surface area (Å²) in [5, 5.41) is 120. The number of carbonyl (C=O) groups is 1. The minimum atomic E-state index is -1.97. The number of aliphatic hydroxyl groups is 11. The van der Waals surface area contributed by atoms with Crippen LogP contribution < -0.4 is 5.32 Å². The Morgan fingerprint density at radius 2 is 0.852 bits per heavy atom. The predicted molar refractivity (Wildman–Crippen MR) is 309 cm³/mol. The first kappa shape index (κ1) is 72.7. The monoisotopic (exact) mass is 1160 g/mol. The van der Waals surface area contributed by atoms with Crippen molar-refractivity contribution in [3.63, 3.8) is 0 Å². The number of hydrogen-bond donors (Lipinski definition) is 12. The Kier molecular flexibility index (Phi) is 40.3. The molecule has 12 N–H and O–H groups in total. The van der Waals surface area contributed by atoms with Gasteiger partial charge in [0.2, 0.25) is 5.91 Å². The number of aliphatic hydroxyl groups excluding tert-OH is 11. The summed E-state index contributed by atoms with van der Waals surface area (Å²) in [7, 11) is 0. The summed E-state index contributed by atoms with van der Waals surface area (Å²) >= 11 is 0. The van der Waals surface area contributed by atoms with Gasteiger partial charge in [0.15, 0.2) is 18.9 Å². The van der Waals surface area contributed by atoms with Crippen molar-refractivity contribution in [2.45, 2.75) is 298 Å². The molecule has 19 nitrogen and oxygen atoms in total. The number of allylic oxidation sites excluding steroid dienone is 10. The van der Waals surface area contributed by atoms with Gasteiger partial charge in [0, 0.05) is 6.42 Å². The van der Waals surface area contributed by atoms with Crippen molar-refractivity contribution < 1.29 is 89.4 Å². The molecule has 3 fully saturated rings. The van der Waals surface area contributed by atoms with Gasteiger partial charge in [0.1, 0.15) is 73.2 Å². The number of nitrogens with one attached hydrogen (secondary N) is 1. The van der Waals surface area contributed by atoms with Gasteiger partial charge in [0.05, 0.1) is 38.6 Å². The normalized spacial score (nSPS) is 30.2. The number of ether oxygens (including phenoxy) is 6. The van der Waals surface area contributed by atoms with Gasteiger partial charge >= 0.3 is 0 Å². The average Bonchev–Trinajstić information content (AvgIpc) is 3.48. The van der Waals surface area contributed by atoms with E-state index in [1.807, 2.05) is 0 Å². The molecule has 0 aliphatic carbocycles. The van der Waals surface area contributed by atoms with Gasteiger partial charge in [-0.2, -0.15) is 0 Å². The van der Waals surface area contributed by atoms with Crippen molar-refractivity contribution in [3.8, 4) is 0 Å². The Morgan fingerprint density at radius 1 is 0.457 bits per heavy atom. The minimum Gasteiger partial charge on any atom is -0.394 e. The maximum atomic E-state index is 13.3. The molecule has 0 aromatic heterocycles. The first-order chi connectivity index (χ1) is 39.3. The molecule has 3 rings (SSSR count). The van der Waals surface area contributed by atoms with Crippen molar-refractivity contribution in [2.75, 3.05) is 26.4 Å². The van der Waals surface area contributed by atoms with Gasteiger partial charge < -0.3 is 89.9 Å². The van der Waals surface area contributed by atoms with Crippen LogP contribution in [0.5, 0.6) is 0 Å². The molecule has 0 radical (unpaired) electrons. The predicted octanol–water partition coefficient (Wildman–Crippen LogP) is 6.04. The molecule has 3 aliphatic rings. The van der Waals surface area contributed by atoms with E-state index in [9.17, 15) is 61.0 Å².